The number of benzene rings is 3. The van der Waals surface area contributed by atoms with Crippen molar-refractivity contribution in [3.05, 3.63) is 99.5 Å². The number of oxime groups is 1. The molecule has 0 fully saturated rings. The third kappa shape index (κ3) is 4.48. The second kappa shape index (κ2) is 7.99. The third-order valence-electron chi connectivity index (χ3n) is 3.81. The summed E-state index contributed by atoms with van der Waals surface area (Å²) in [5.41, 5.74) is 11.6. The summed E-state index contributed by atoms with van der Waals surface area (Å²) in [5.74, 6) is 0. The van der Waals surface area contributed by atoms with Crippen LogP contribution in [0.4, 0.5) is 5.69 Å². The monoisotopic (exact) mass is 394 g/mol. The molecule has 126 valence electrons. The lowest BCUT2D eigenvalue weighted by Gasteiger charge is -2.11. The maximum absolute atomic E-state index is 6.19. The van der Waals surface area contributed by atoms with E-state index in [4.69, 9.17) is 10.6 Å². The van der Waals surface area contributed by atoms with Gasteiger partial charge in [0, 0.05) is 21.3 Å². The van der Waals surface area contributed by atoms with Gasteiger partial charge in [0.1, 0.15) is 12.3 Å². The van der Waals surface area contributed by atoms with E-state index >= 15 is 0 Å². The van der Waals surface area contributed by atoms with E-state index in [1.54, 1.807) is 0 Å². The molecule has 0 bridgehead atoms. The highest BCUT2D eigenvalue weighted by Gasteiger charge is 2.11. The number of anilines is 1. The van der Waals surface area contributed by atoms with Crippen LogP contribution in [0.25, 0.3) is 0 Å². The van der Waals surface area contributed by atoms with Gasteiger partial charge in [-0.1, -0.05) is 75.2 Å². The Labute approximate surface area is 156 Å². The zero-order valence-electron chi connectivity index (χ0n) is 13.9. The molecule has 25 heavy (non-hydrogen) atoms. The smallest absolute Gasteiger partial charge is 0.142 e. The second-order valence-electron chi connectivity index (χ2n) is 5.80. The van der Waals surface area contributed by atoms with Crippen LogP contribution in [0, 0.1) is 6.92 Å². The molecular formula is C21H19BrN2O. The molecular weight excluding hydrogens is 376 g/mol. The van der Waals surface area contributed by atoms with Crippen molar-refractivity contribution in [2.45, 2.75) is 13.5 Å². The topological polar surface area (TPSA) is 47.6 Å². The minimum absolute atomic E-state index is 0.398. The van der Waals surface area contributed by atoms with Crippen LogP contribution in [0.15, 0.2) is 82.4 Å². The Bertz CT molecular complexity index is 874. The van der Waals surface area contributed by atoms with Crippen LogP contribution in [0.5, 0.6) is 0 Å². The van der Waals surface area contributed by atoms with E-state index in [1.807, 2.05) is 79.7 Å². The molecule has 0 aliphatic heterocycles. The molecule has 4 heteroatoms. The van der Waals surface area contributed by atoms with Gasteiger partial charge in [0.2, 0.25) is 0 Å². The fourth-order valence-corrected chi connectivity index (χ4v) is 2.74. The first-order valence-electron chi connectivity index (χ1n) is 8.00. The van der Waals surface area contributed by atoms with Crippen LogP contribution in [0.3, 0.4) is 0 Å². The summed E-state index contributed by atoms with van der Waals surface area (Å²) >= 11 is 3.43. The van der Waals surface area contributed by atoms with Gasteiger partial charge in [-0.25, -0.2) is 0 Å². The van der Waals surface area contributed by atoms with Gasteiger partial charge in [-0.2, -0.15) is 0 Å². The molecule has 0 aromatic heterocycles. The first-order valence-corrected chi connectivity index (χ1v) is 8.79. The Kier molecular flexibility index (Phi) is 5.51. The van der Waals surface area contributed by atoms with Gasteiger partial charge in [-0.05, 0) is 36.8 Å². The van der Waals surface area contributed by atoms with Crippen LogP contribution in [-0.2, 0) is 11.4 Å². The fraction of sp³-hybridized carbons (Fsp3) is 0.0952. The van der Waals surface area contributed by atoms with Gasteiger partial charge in [-0.3, -0.25) is 0 Å². The highest BCUT2D eigenvalue weighted by Crippen LogP contribution is 2.20. The predicted molar refractivity (Wildman–Crippen MR) is 107 cm³/mol. The van der Waals surface area contributed by atoms with Crippen LogP contribution in [0.2, 0.25) is 0 Å². The Morgan fingerprint density at radius 1 is 1.00 bits per heavy atom. The molecule has 0 amide bonds. The molecule has 0 radical (unpaired) electrons. The lowest BCUT2D eigenvalue weighted by Crippen LogP contribution is -2.08. The van der Waals surface area contributed by atoms with Crippen LogP contribution < -0.4 is 5.73 Å². The molecule has 0 unspecified atom stereocenters. The standard InChI is InChI=1S/C21H19BrN2O/c1-15-7-12-20(23)19(13-15)21(17-5-3-2-4-6-17)24-25-14-16-8-10-18(22)11-9-16/h2-13H,14,23H2,1H3/b24-21+. The van der Waals surface area contributed by atoms with Crippen molar-refractivity contribution in [1.29, 1.82) is 0 Å². The molecule has 3 aromatic rings. The maximum atomic E-state index is 6.19. The fourth-order valence-electron chi connectivity index (χ4n) is 2.48. The molecule has 3 rings (SSSR count). The van der Waals surface area contributed by atoms with Crippen molar-refractivity contribution in [2.24, 2.45) is 5.16 Å². The number of aryl methyl sites for hydroxylation is 1. The van der Waals surface area contributed by atoms with E-state index < -0.39 is 0 Å². The maximum Gasteiger partial charge on any atom is 0.142 e. The zero-order valence-corrected chi connectivity index (χ0v) is 15.5. The number of nitrogens with two attached hydrogens (primary N) is 1. The highest BCUT2D eigenvalue weighted by atomic mass is 79.9. The van der Waals surface area contributed by atoms with Crippen molar-refractivity contribution >= 4 is 27.3 Å². The number of rotatable bonds is 5. The predicted octanol–water partition coefficient (Wildman–Crippen LogP) is 5.31. The van der Waals surface area contributed by atoms with Gasteiger partial charge < -0.3 is 10.6 Å². The molecule has 0 aliphatic rings. The minimum atomic E-state index is 0.398. The van der Waals surface area contributed by atoms with Gasteiger partial charge >= 0.3 is 0 Å². The molecule has 2 N–H and O–H groups in total. The molecule has 0 atom stereocenters. The lowest BCUT2D eigenvalue weighted by molar-refractivity contribution is 0.131. The Balaban J connectivity index is 1.91. The Morgan fingerprint density at radius 2 is 1.72 bits per heavy atom. The van der Waals surface area contributed by atoms with Crippen LogP contribution in [0.1, 0.15) is 22.3 Å². The number of halogens is 1. The van der Waals surface area contributed by atoms with Crippen LogP contribution >= 0.6 is 15.9 Å². The summed E-state index contributed by atoms with van der Waals surface area (Å²) in [6.45, 7) is 2.43. The van der Waals surface area contributed by atoms with E-state index in [2.05, 4.69) is 21.1 Å². The minimum Gasteiger partial charge on any atom is -0.398 e. The quantitative estimate of drug-likeness (QED) is 0.362. The average molecular weight is 395 g/mol. The van der Waals surface area contributed by atoms with Gasteiger partial charge in [0.05, 0.1) is 0 Å². The Hall–Kier alpha value is -2.59. The summed E-state index contributed by atoms with van der Waals surface area (Å²) in [4.78, 5) is 5.64. The zero-order chi connectivity index (χ0) is 17.6. The van der Waals surface area contributed by atoms with E-state index in [0.717, 1.165) is 32.4 Å². The second-order valence-corrected chi connectivity index (χ2v) is 6.71. The van der Waals surface area contributed by atoms with E-state index in [0.29, 0.717) is 12.3 Å². The summed E-state index contributed by atoms with van der Waals surface area (Å²) in [5, 5.41) is 4.41. The molecule has 0 saturated heterocycles. The number of nitrogens with zero attached hydrogens (tertiary/aromatic N) is 1. The first kappa shape index (κ1) is 17.2. The van der Waals surface area contributed by atoms with E-state index in [9.17, 15) is 0 Å². The average Bonchev–Trinajstić information content (AvgIpc) is 2.63. The summed E-state index contributed by atoms with van der Waals surface area (Å²) < 4.78 is 1.04. The SMILES string of the molecule is Cc1ccc(N)c(/C(=N/OCc2ccc(Br)cc2)c2ccccc2)c1. The van der Waals surface area contributed by atoms with Crippen molar-refractivity contribution in [1.82, 2.24) is 0 Å². The van der Waals surface area contributed by atoms with E-state index in [1.165, 1.54) is 0 Å². The third-order valence-corrected chi connectivity index (χ3v) is 4.34. The van der Waals surface area contributed by atoms with Gasteiger partial charge in [0.15, 0.2) is 0 Å². The lowest BCUT2D eigenvalue weighted by atomic mass is 9.99. The Morgan fingerprint density at radius 3 is 2.44 bits per heavy atom. The number of hydrogen-bond donors (Lipinski definition) is 1. The molecule has 0 spiro atoms. The van der Waals surface area contributed by atoms with Crippen molar-refractivity contribution in [3.63, 3.8) is 0 Å². The summed E-state index contributed by atoms with van der Waals surface area (Å²) in [7, 11) is 0. The largest absolute Gasteiger partial charge is 0.398 e. The molecule has 0 aliphatic carbocycles. The highest BCUT2D eigenvalue weighted by molar-refractivity contribution is 9.10. The van der Waals surface area contributed by atoms with Crippen molar-refractivity contribution < 1.29 is 4.84 Å². The van der Waals surface area contributed by atoms with Crippen LogP contribution in [-0.4, -0.2) is 5.71 Å². The molecule has 3 aromatic carbocycles. The van der Waals surface area contributed by atoms with Crippen molar-refractivity contribution in [2.75, 3.05) is 5.73 Å². The van der Waals surface area contributed by atoms with Gasteiger partial charge in [-0.15, -0.1) is 0 Å². The van der Waals surface area contributed by atoms with E-state index in [-0.39, 0.29) is 0 Å². The molecule has 3 nitrogen and oxygen atoms in total. The summed E-state index contributed by atoms with van der Waals surface area (Å²) in [6.07, 6.45) is 0. The number of hydrogen-bond acceptors (Lipinski definition) is 3. The normalized spacial score (nSPS) is 11.4. The molecule has 0 saturated carbocycles. The van der Waals surface area contributed by atoms with Crippen molar-refractivity contribution in [3.8, 4) is 0 Å². The van der Waals surface area contributed by atoms with Gasteiger partial charge in [0.25, 0.3) is 0 Å². The summed E-state index contributed by atoms with van der Waals surface area (Å²) in [6, 6.07) is 23.8. The number of nitrogen functional groups attached to an aromatic ring is 1. The molecule has 0 heterocycles. The first-order chi connectivity index (χ1) is 12.1.